The molecule has 0 saturated carbocycles. The maximum atomic E-state index is 14.9. The van der Waals surface area contributed by atoms with Crippen LogP contribution < -0.4 is 9.47 Å². The SMILES string of the molecule is CC1=C(c2ccc(F)cc2)[C@H](c2ccc(OCCN3CC(CF)C3)cc2)Oc2ccc(O)c(F)c21. The van der Waals surface area contributed by atoms with Crippen LogP contribution in [0.1, 0.15) is 29.7 Å². The van der Waals surface area contributed by atoms with Gasteiger partial charge in [0.25, 0.3) is 0 Å². The largest absolute Gasteiger partial charge is 0.505 e. The van der Waals surface area contributed by atoms with Gasteiger partial charge in [-0.05, 0) is 60.0 Å². The Labute approximate surface area is 202 Å². The van der Waals surface area contributed by atoms with E-state index < -0.39 is 17.7 Å². The van der Waals surface area contributed by atoms with E-state index in [0.29, 0.717) is 34.8 Å². The van der Waals surface area contributed by atoms with Gasteiger partial charge in [-0.1, -0.05) is 24.3 Å². The van der Waals surface area contributed by atoms with E-state index in [1.807, 2.05) is 24.3 Å². The van der Waals surface area contributed by atoms with Crippen LogP contribution in [0.25, 0.3) is 11.1 Å². The Bertz CT molecular complexity index is 1240. The van der Waals surface area contributed by atoms with E-state index >= 15 is 0 Å². The van der Waals surface area contributed by atoms with Crippen LogP contribution in [0.3, 0.4) is 0 Å². The van der Waals surface area contributed by atoms with Crippen LogP contribution in [-0.4, -0.2) is 42.9 Å². The standard InChI is InChI=1S/C28H26F3NO3/c1-17-25(19-2-6-21(30)7-3-19)28(35-24-11-10-23(33)27(31)26(17)24)20-4-8-22(9-5-20)34-13-12-32-15-18(14-29)16-32/h2-11,18,28,33H,12-16H2,1H3/t28-/m0/s1. The van der Waals surface area contributed by atoms with Crippen molar-refractivity contribution in [3.63, 3.8) is 0 Å². The second-order valence-electron chi connectivity index (χ2n) is 9.01. The average Bonchev–Trinajstić information content (AvgIpc) is 2.84. The van der Waals surface area contributed by atoms with Crippen molar-refractivity contribution in [2.24, 2.45) is 5.92 Å². The fraction of sp³-hybridized carbons (Fsp3) is 0.286. The number of fused-ring (bicyclic) bond motifs is 1. The third kappa shape index (κ3) is 4.60. The van der Waals surface area contributed by atoms with Crippen LogP contribution in [0.4, 0.5) is 13.2 Å². The molecule has 0 spiro atoms. The molecule has 2 aliphatic heterocycles. The molecular formula is C28H26F3NO3. The molecule has 2 aliphatic rings. The van der Waals surface area contributed by atoms with Crippen molar-refractivity contribution >= 4 is 11.1 Å². The average molecular weight is 482 g/mol. The zero-order valence-corrected chi connectivity index (χ0v) is 19.3. The lowest BCUT2D eigenvalue weighted by Crippen LogP contribution is -2.49. The Morgan fingerprint density at radius 3 is 2.40 bits per heavy atom. The topological polar surface area (TPSA) is 41.9 Å². The van der Waals surface area contributed by atoms with Gasteiger partial charge in [0.15, 0.2) is 11.6 Å². The molecule has 1 atom stereocenters. The number of nitrogens with zero attached hydrogens (tertiary/aromatic N) is 1. The van der Waals surface area contributed by atoms with E-state index in [1.54, 1.807) is 25.1 Å². The molecule has 7 heteroatoms. The molecule has 182 valence electrons. The molecule has 3 aromatic carbocycles. The molecule has 0 bridgehead atoms. The van der Waals surface area contributed by atoms with Crippen molar-refractivity contribution < 1.29 is 27.8 Å². The van der Waals surface area contributed by atoms with Gasteiger partial charge in [-0.15, -0.1) is 0 Å². The summed E-state index contributed by atoms with van der Waals surface area (Å²) >= 11 is 0. The molecule has 0 radical (unpaired) electrons. The number of halogens is 3. The number of aromatic hydroxyl groups is 1. The Hall–Kier alpha value is -3.45. The molecule has 4 nitrogen and oxygen atoms in total. The van der Waals surface area contributed by atoms with Crippen LogP contribution in [0, 0.1) is 17.6 Å². The van der Waals surface area contributed by atoms with Gasteiger partial charge in [0.1, 0.15) is 30.0 Å². The Morgan fingerprint density at radius 2 is 1.71 bits per heavy atom. The van der Waals surface area contributed by atoms with E-state index in [2.05, 4.69) is 4.90 Å². The summed E-state index contributed by atoms with van der Waals surface area (Å²) in [5.74, 6) is -0.392. The summed E-state index contributed by atoms with van der Waals surface area (Å²) in [5, 5.41) is 9.91. The van der Waals surface area contributed by atoms with Crippen LogP contribution in [0.15, 0.2) is 60.7 Å². The van der Waals surface area contributed by atoms with Gasteiger partial charge in [-0.25, -0.2) is 8.78 Å². The van der Waals surface area contributed by atoms with Crippen molar-refractivity contribution in [2.75, 3.05) is 32.9 Å². The Kier molecular flexibility index (Phi) is 6.43. The minimum Gasteiger partial charge on any atom is -0.505 e. The fourth-order valence-corrected chi connectivity index (χ4v) is 4.73. The second kappa shape index (κ2) is 9.66. The van der Waals surface area contributed by atoms with Gasteiger partial charge in [-0.2, -0.15) is 0 Å². The highest BCUT2D eigenvalue weighted by Crippen LogP contribution is 2.48. The molecule has 0 amide bonds. The summed E-state index contributed by atoms with van der Waals surface area (Å²) in [6.07, 6.45) is -0.565. The highest BCUT2D eigenvalue weighted by molar-refractivity contribution is 5.95. The molecule has 1 saturated heterocycles. The molecule has 0 aromatic heterocycles. The van der Waals surface area contributed by atoms with Gasteiger partial charge < -0.3 is 14.6 Å². The lowest BCUT2D eigenvalue weighted by atomic mass is 9.86. The molecule has 5 rings (SSSR count). The quantitative estimate of drug-likeness (QED) is 0.449. The van der Waals surface area contributed by atoms with Crippen LogP contribution in [-0.2, 0) is 0 Å². The van der Waals surface area contributed by atoms with Crippen molar-refractivity contribution in [1.82, 2.24) is 4.90 Å². The first-order chi connectivity index (χ1) is 16.9. The normalized spacial score (nSPS) is 18.1. The molecular weight excluding hydrogens is 455 g/mol. The summed E-state index contributed by atoms with van der Waals surface area (Å²) in [7, 11) is 0. The highest BCUT2D eigenvalue weighted by Gasteiger charge is 2.32. The summed E-state index contributed by atoms with van der Waals surface area (Å²) in [4.78, 5) is 2.16. The monoisotopic (exact) mass is 481 g/mol. The summed E-state index contributed by atoms with van der Waals surface area (Å²) in [5.41, 5.74) is 3.02. The lowest BCUT2D eigenvalue weighted by molar-refractivity contribution is 0.0668. The molecule has 35 heavy (non-hydrogen) atoms. The zero-order valence-electron chi connectivity index (χ0n) is 19.3. The smallest absolute Gasteiger partial charge is 0.176 e. The number of hydrogen-bond acceptors (Lipinski definition) is 4. The molecule has 3 aromatic rings. The maximum absolute atomic E-state index is 14.9. The summed E-state index contributed by atoms with van der Waals surface area (Å²) in [6.45, 7) is 4.31. The number of allylic oxidation sites excluding steroid dienone is 1. The van der Waals surface area contributed by atoms with Crippen molar-refractivity contribution in [3.8, 4) is 17.2 Å². The number of phenols is 1. The molecule has 0 unspecified atom stereocenters. The Morgan fingerprint density at radius 1 is 1.00 bits per heavy atom. The maximum Gasteiger partial charge on any atom is 0.176 e. The fourth-order valence-electron chi connectivity index (χ4n) is 4.73. The van der Waals surface area contributed by atoms with Gasteiger partial charge >= 0.3 is 0 Å². The number of alkyl halides is 1. The number of benzene rings is 3. The third-order valence-electron chi connectivity index (χ3n) is 6.63. The van der Waals surface area contributed by atoms with E-state index in [9.17, 15) is 18.3 Å². The van der Waals surface area contributed by atoms with Gasteiger partial charge in [-0.3, -0.25) is 9.29 Å². The number of ether oxygens (including phenoxy) is 2. The number of rotatable bonds is 7. The third-order valence-corrected chi connectivity index (χ3v) is 6.63. The lowest BCUT2D eigenvalue weighted by Gasteiger charge is -2.37. The minimum atomic E-state index is -0.748. The predicted molar refractivity (Wildman–Crippen MR) is 128 cm³/mol. The summed E-state index contributed by atoms with van der Waals surface area (Å²) < 4.78 is 53.1. The second-order valence-corrected chi connectivity index (χ2v) is 9.01. The number of phenolic OH excluding ortho intramolecular Hbond substituents is 1. The van der Waals surface area contributed by atoms with E-state index in [-0.39, 0.29) is 24.0 Å². The zero-order chi connectivity index (χ0) is 24.5. The van der Waals surface area contributed by atoms with Crippen LogP contribution in [0.2, 0.25) is 0 Å². The first-order valence-corrected chi connectivity index (χ1v) is 11.6. The number of hydrogen-bond donors (Lipinski definition) is 1. The van der Waals surface area contributed by atoms with Crippen molar-refractivity contribution in [1.29, 1.82) is 0 Å². The minimum absolute atomic E-state index is 0.152. The first-order valence-electron chi connectivity index (χ1n) is 11.6. The summed E-state index contributed by atoms with van der Waals surface area (Å²) in [6, 6.07) is 16.3. The van der Waals surface area contributed by atoms with Gasteiger partial charge in [0.05, 0.1) is 12.2 Å². The molecule has 0 aliphatic carbocycles. The van der Waals surface area contributed by atoms with Crippen LogP contribution >= 0.6 is 0 Å². The van der Waals surface area contributed by atoms with Crippen LogP contribution in [0.5, 0.6) is 17.2 Å². The van der Waals surface area contributed by atoms with Crippen molar-refractivity contribution in [3.05, 3.63) is 89.0 Å². The van der Waals surface area contributed by atoms with Gasteiger partial charge in [0, 0.05) is 31.1 Å². The van der Waals surface area contributed by atoms with E-state index in [4.69, 9.17) is 9.47 Å². The first kappa shape index (κ1) is 23.3. The Balaban J connectivity index is 1.40. The molecule has 2 heterocycles. The number of likely N-dealkylation sites (tertiary alicyclic amines) is 1. The predicted octanol–water partition coefficient (Wildman–Crippen LogP) is 6.01. The highest BCUT2D eigenvalue weighted by atomic mass is 19.1. The van der Waals surface area contributed by atoms with E-state index in [1.165, 1.54) is 18.2 Å². The van der Waals surface area contributed by atoms with Gasteiger partial charge in [0.2, 0.25) is 0 Å². The molecule has 1 fully saturated rings. The van der Waals surface area contributed by atoms with E-state index in [0.717, 1.165) is 25.2 Å². The molecule has 1 N–H and O–H groups in total. The van der Waals surface area contributed by atoms with Crippen molar-refractivity contribution in [2.45, 2.75) is 13.0 Å².